The molecule has 3 nitrogen and oxygen atoms in total. The molecular weight excluding hydrogens is 238 g/mol. The first kappa shape index (κ1) is 12.7. The second-order valence-electron chi connectivity index (χ2n) is 5.94. The second kappa shape index (κ2) is 4.99. The molecule has 1 aliphatic heterocycles. The third kappa shape index (κ3) is 2.82. The summed E-state index contributed by atoms with van der Waals surface area (Å²) in [5, 5.41) is 4.84. The number of hydrogen-bond acceptors (Lipinski definition) is 3. The molecule has 0 saturated carbocycles. The molecule has 1 N–H and O–H groups in total. The maximum atomic E-state index is 5.74. The van der Waals surface area contributed by atoms with E-state index >= 15 is 0 Å². The van der Waals surface area contributed by atoms with E-state index in [2.05, 4.69) is 31.3 Å². The van der Waals surface area contributed by atoms with Gasteiger partial charge in [-0.3, -0.25) is 0 Å². The highest BCUT2D eigenvalue weighted by Crippen LogP contribution is 2.25. The average molecular weight is 259 g/mol. The van der Waals surface area contributed by atoms with Gasteiger partial charge >= 0.3 is 0 Å². The van der Waals surface area contributed by atoms with E-state index in [1.165, 1.54) is 10.9 Å². The summed E-state index contributed by atoms with van der Waals surface area (Å²) in [4.78, 5) is 0. The number of ether oxygens (including phenoxy) is 1. The van der Waals surface area contributed by atoms with Gasteiger partial charge in [-0.1, -0.05) is 18.2 Å². The van der Waals surface area contributed by atoms with E-state index in [1.54, 1.807) is 0 Å². The van der Waals surface area contributed by atoms with Crippen LogP contribution in [0.15, 0.2) is 34.9 Å². The lowest BCUT2D eigenvalue weighted by atomic mass is 9.94. The molecule has 0 bridgehead atoms. The first-order chi connectivity index (χ1) is 9.14. The Morgan fingerprint density at radius 2 is 2.16 bits per heavy atom. The standard InChI is InChI=1S/C16H21NO2/c1-16(2)9-13(7-8-19-16)17-10-12-11-18-15-6-4-3-5-14(12)15/h3-6,11,13,17H,7-10H2,1-2H3. The molecule has 0 amide bonds. The van der Waals surface area contributed by atoms with E-state index in [4.69, 9.17) is 9.15 Å². The largest absolute Gasteiger partial charge is 0.464 e. The molecule has 1 aromatic carbocycles. The molecule has 3 heteroatoms. The van der Waals surface area contributed by atoms with Crippen LogP contribution in [0.5, 0.6) is 0 Å². The van der Waals surface area contributed by atoms with Gasteiger partial charge in [0, 0.05) is 30.1 Å². The van der Waals surface area contributed by atoms with Gasteiger partial charge in [0.1, 0.15) is 5.58 Å². The van der Waals surface area contributed by atoms with Gasteiger partial charge in [0.2, 0.25) is 0 Å². The average Bonchev–Trinajstić information content (AvgIpc) is 2.78. The molecule has 1 saturated heterocycles. The minimum Gasteiger partial charge on any atom is -0.464 e. The lowest BCUT2D eigenvalue weighted by molar-refractivity contribution is -0.0630. The highest BCUT2D eigenvalue weighted by atomic mass is 16.5. The quantitative estimate of drug-likeness (QED) is 0.916. The molecule has 2 aromatic rings. The maximum Gasteiger partial charge on any atom is 0.134 e. The third-order valence-corrected chi connectivity index (χ3v) is 3.84. The van der Waals surface area contributed by atoms with Crippen molar-refractivity contribution < 1.29 is 9.15 Å². The van der Waals surface area contributed by atoms with Gasteiger partial charge in [-0.25, -0.2) is 0 Å². The van der Waals surface area contributed by atoms with Gasteiger partial charge in [0.15, 0.2) is 0 Å². The van der Waals surface area contributed by atoms with Crippen molar-refractivity contribution in [2.75, 3.05) is 6.61 Å². The van der Waals surface area contributed by atoms with Gasteiger partial charge in [-0.2, -0.15) is 0 Å². The zero-order valence-electron chi connectivity index (χ0n) is 11.6. The fourth-order valence-corrected chi connectivity index (χ4v) is 2.83. The number of benzene rings is 1. The van der Waals surface area contributed by atoms with Gasteiger partial charge in [-0.15, -0.1) is 0 Å². The van der Waals surface area contributed by atoms with Crippen LogP contribution in [0.25, 0.3) is 11.0 Å². The highest BCUT2D eigenvalue weighted by Gasteiger charge is 2.28. The van der Waals surface area contributed by atoms with Crippen LogP contribution >= 0.6 is 0 Å². The first-order valence-electron chi connectivity index (χ1n) is 6.96. The number of rotatable bonds is 3. The van der Waals surface area contributed by atoms with Gasteiger partial charge in [0.25, 0.3) is 0 Å². The highest BCUT2D eigenvalue weighted by molar-refractivity contribution is 5.80. The van der Waals surface area contributed by atoms with Crippen molar-refractivity contribution in [3.05, 3.63) is 36.1 Å². The van der Waals surface area contributed by atoms with E-state index in [0.29, 0.717) is 6.04 Å². The summed E-state index contributed by atoms with van der Waals surface area (Å²) in [5.74, 6) is 0. The van der Waals surface area contributed by atoms with E-state index in [1.807, 2.05) is 18.4 Å². The number of hydrogen-bond donors (Lipinski definition) is 1. The SMILES string of the molecule is CC1(C)CC(NCc2coc3ccccc23)CCO1. The number of fused-ring (bicyclic) bond motifs is 1. The topological polar surface area (TPSA) is 34.4 Å². The van der Waals surface area contributed by atoms with E-state index in [9.17, 15) is 0 Å². The second-order valence-corrected chi connectivity index (χ2v) is 5.94. The van der Waals surface area contributed by atoms with Crippen LogP contribution in [0.3, 0.4) is 0 Å². The fraction of sp³-hybridized carbons (Fsp3) is 0.500. The predicted molar refractivity (Wildman–Crippen MR) is 76.1 cm³/mol. The lowest BCUT2D eigenvalue weighted by Crippen LogP contribution is -2.43. The fourth-order valence-electron chi connectivity index (χ4n) is 2.83. The molecule has 1 atom stereocenters. The number of nitrogens with one attached hydrogen (secondary N) is 1. The van der Waals surface area contributed by atoms with E-state index in [0.717, 1.165) is 31.6 Å². The maximum absolute atomic E-state index is 5.74. The van der Waals surface area contributed by atoms with Crippen molar-refractivity contribution >= 4 is 11.0 Å². The van der Waals surface area contributed by atoms with Crippen molar-refractivity contribution in [1.29, 1.82) is 0 Å². The van der Waals surface area contributed by atoms with Crippen molar-refractivity contribution in [2.24, 2.45) is 0 Å². The zero-order chi connectivity index (χ0) is 13.3. The van der Waals surface area contributed by atoms with Crippen LogP contribution in [0, 0.1) is 0 Å². The van der Waals surface area contributed by atoms with E-state index < -0.39 is 0 Å². The Morgan fingerprint density at radius 3 is 3.00 bits per heavy atom. The van der Waals surface area contributed by atoms with Crippen LogP contribution in [0.4, 0.5) is 0 Å². The Bertz CT molecular complexity index is 559. The summed E-state index contributed by atoms with van der Waals surface area (Å²) in [5.41, 5.74) is 2.19. The molecule has 0 radical (unpaired) electrons. The van der Waals surface area contributed by atoms with Crippen molar-refractivity contribution in [1.82, 2.24) is 5.32 Å². The molecule has 1 unspecified atom stereocenters. The summed E-state index contributed by atoms with van der Waals surface area (Å²) in [6, 6.07) is 8.71. The van der Waals surface area contributed by atoms with Gasteiger partial charge in [0.05, 0.1) is 11.9 Å². The summed E-state index contributed by atoms with van der Waals surface area (Å²) in [7, 11) is 0. The monoisotopic (exact) mass is 259 g/mol. The normalized spacial score (nSPS) is 22.7. The van der Waals surface area contributed by atoms with Crippen LogP contribution in [-0.2, 0) is 11.3 Å². The van der Waals surface area contributed by atoms with Crippen molar-refractivity contribution in [3.8, 4) is 0 Å². The summed E-state index contributed by atoms with van der Waals surface area (Å²) >= 11 is 0. The minimum atomic E-state index is -0.00557. The number of para-hydroxylation sites is 1. The summed E-state index contributed by atoms with van der Waals surface area (Å²) in [6.45, 7) is 6.02. The van der Waals surface area contributed by atoms with Crippen LogP contribution in [-0.4, -0.2) is 18.2 Å². The number of furan rings is 1. The van der Waals surface area contributed by atoms with Crippen molar-refractivity contribution in [3.63, 3.8) is 0 Å². The Labute approximate surface area is 113 Å². The Kier molecular flexibility index (Phi) is 3.33. The molecule has 0 spiro atoms. The molecule has 2 heterocycles. The minimum absolute atomic E-state index is 0.00557. The van der Waals surface area contributed by atoms with Crippen molar-refractivity contribution in [2.45, 2.75) is 44.9 Å². The predicted octanol–water partition coefficient (Wildman–Crippen LogP) is 3.48. The van der Waals surface area contributed by atoms with Crippen LogP contribution < -0.4 is 5.32 Å². The Balaban J connectivity index is 1.66. The van der Waals surface area contributed by atoms with Crippen LogP contribution in [0.1, 0.15) is 32.3 Å². The Hall–Kier alpha value is -1.32. The molecule has 19 heavy (non-hydrogen) atoms. The van der Waals surface area contributed by atoms with Gasteiger partial charge < -0.3 is 14.5 Å². The van der Waals surface area contributed by atoms with Crippen LogP contribution in [0.2, 0.25) is 0 Å². The lowest BCUT2D eigenvalue weighted by Gasteiger charge is -2.35. The smallest absolute Gasteiger partial charge is 0.134 e. The molecule has 1 aromatic heterocycles. The molecule has 102 valence electrons. The summed E-state index contributed by atoms with van der Waals surface area (Å²) in [6.07, 6.45) is 4.00. The zero-order valence-corrected chi connectivity index (χ0v) is 11.6. The molecule has 3 rings (SSSR count). The molecular formula is C16H21NO2. The van der Waals surface area contributed by atoms with Gasteiger partial charge in [-0.05, 0) is 32.8 Å². The Morgan fingerprint density at radius 1 is 1.32 bits per heavy atom. The molecule has 1 fully saturated rings. The first-order valence-corrected chi connectivity index (χ1v) is 6.96. The third-order valence-electron chi connectivity index (χ3n) is 3.84. The molecule has 1 aliphatic rings. The summed E-state index contributed by atoms with van der Waals surface area (Å²) < 4.78 is 11.3. The molecule has 0 aliphatic carbocycles. The van der Waals surface area contributed by atoms with E-state index in [-0.39, 0.29) is 5.60 Å².